The zero-order valence-corrected chi connectivity index (χ0v) is 9.92. The van der Waals surface area contributed by atoms with E-state index < -0.39 is 0 Å². The summed E-state index contributed by atoms with van der Waals surface area (Å²) in [6.07, 6.45) is 2.96. The lowest BCUT2D eigenvalue weighted by Crippen LogP contribution is -2.24. The molecule has 1 amide bonds. The molecule has 1 aliphatic rings. The third-order valence-electron chi connectivity index (χ3n) is 3.71. The number of hydrogen-bond donors (Lipinski definition) is 2. The Morgan fingerprint density at radius 1 is 1.47 bits per heavy atom. The molecule has 1 aromatic carbocycles. The zero-order chi connectivity index (χ0) is 12.0. The predicted octanol–water partition coefficient (Wildman–Crippen LogP) is 2.38. The van der Waals surface area contributed by atoms with Gasteiger partial charge in [-0.25, -0.2) is 0 Å². The van der Waals surface area contributed by atoms with Crippen molar-refractivity contribution in [2.24, 2.45) is 5.73 Å². The van der Waals surface area contributed by atoms with Crippen LogP contribution in [0, 0.1) is 6.92 Å². The number of rotatable bonds is 1. The first kappa shape index (κ1) is 10.4. The van der Waals surface area contributed by atoms with Crippen LogP contribution in [0.1, 0.15) is 35.6 Å². The summed E-state index contributed by atoms with van der Waals surface area (Å²) < 4.78 is 0. The minimum atomic E-state index is -0.214. The van der Waals surface area contributed by atoms with Crippen molar-refractivity contribution in [1.82, 2.24) is 4.98 Å². The molecule has 0 saturated carbocycles. The van der Waals surface area contributed by atoms with Crippen molar-refractivity contribution in [2.75, 3.05) is 0 Å². The van der Waals surface area contributed by atoms with Gasteiger partial charge >= 0.3 is 0 Å². The van der Waals surface area contributed by atoms with E-state index >= 15 is 0 Å². The Kier molecular flexibility index (Phi) is 2.21. The van der Waals surface area contributed by atoms with Gasteiger partial charge in [0.05, 0.1) is 5.92 Å². The quantitative estimate of drug-likeness (QED) is 0.773. The summed E-state index contributed by atoms with van der Waals surface area (Å²) in [6.45, 7) is 2.09. The van der Waals surface area contributed by atoms with E-state index in [4.69, 9.17) is 5.73 Å². The van der Waals surface area contributed by atoms with Crippen molar-refractivity contribution < 1.29 is 4.79 Å². The molecular weight excluding hydrogens is 212 g/mol. The highest BCUT2D eigenvalue weighted by Gasteiger charge is 2.27. The number of amides is 1. The number of primary amides is 1. The van der Waals surface area contributed by atoms with Gasteiger partial charge in [-0.05, 0) is 43.9 Å². The summed E-state index contributed by atoms with van der Waals surface area (Å²) in [4.78, 5) is 14.8. The first-order valence-corrected chi connectivity index (χ1v) is 6.07. The smallest absolute Gasteiger partial charge is 0.226 e. The van der Waals surface area contributed by atoms with Gasteiger partial charge in [-0.3, -0.25) is 4.79 Å². The van der Waals surface area contributed by atoms with E-state index in [0.717, 1.165) is 30.5 Å². The van der Waals surface area contributed by atoms with Gasteiger partial charge in [0.1, 0.15) is 0 Å². The van der Waals surface area contributed by atoms with Crippen LogP contribution in [0.4, 0.5) is 0 Å². The first-order chi connectivity index (χ1) is 8.16. The van der Waals surface area contributed by atoms with Crippen LogP contribution in [0.2, 0.25) is 0 Å². The van der Waals surface area contributed by atoms with Crippen LogP contribution in [-0.2, 0) is 11.2 Å². The molecule has 0 unspecified atom stereocenters. The molecule has 3 nitrogen and oxygen atoms in total. The second-order valence-corrected chi connectivity index (χ2v) is 4.91. The molecule has 1 atom stereocenters. The van der Waals surface area contributed by atoms with Crippen LogP contribution in [0.3, 0.4) is 0 Å². The molecule has 1 aromatic heterocycles. The van der Waals surface area contributed by atoms with Gasteiger partial charge in [-0.2, -0.15) is 0 Å². The van der Waals surface area contributed by atoms with E-state index in [1.54, 1.807) is 0 Å². The number of aromatic amines is 1. The summed E-state index contributed by atoms with van der Waals surface area (Å²) >= 11 is 0. The molecule has 1 aliphatic carbocycles. The number of carbonyl (C=O) groups excluding carboxylic acids is 1. The summed E-state index contributed by atoms with van der Waals surface area (Å²) in [5.41, 5.74) is 10.2. The summed E-state index contributed by atoms with van der Waals surface area (Å²) in [6, 6.07) is 6.36. The summed E-state index contributed by atoms with van der Waals surface area (Å²) in [5.74, 6) is -0.347. The normalized spacial score (nSPS) is 19.2. The molecule has 0 spiro atoms. The lowest BCUT2D eigenvalue weighted by atomic mass is 9.86. The number of fused-ring (bicyclic) bond motifs is 3. The van der Waals surface area contributed by atoms with Crippen molar-refractivity contribution >= 4 is 16.8 Å². The SMILES string of the molecule is Cc1ccc2[nH]c3c(c2c1)CCC[C@H]3C(N)=O. The van der Waals surface area contributed by atoms with Crippen molar-refractivity contribution in [2.45, 2.75) is 32.1 Å². The minimum Gasteiger partial charge on any atom is -0.369 e. The molecule has 0 saturated heterocycles. The maximum Gasteiger partial charge on any atom is 0.226 e. The Hall–Kier alpha value is -1.77. The Labute approximate surface area is 100 Å². The molecule has 1 heterocycles. The molecule has 3 rings (SSSR count). The monoisotopic (exact) mass is 228 g/mol. The topological polar surface area (TPSA) is 58.9 Å². The number of carbonyl (C=O) groups is 1. The van der Waals surface area contributed by atoms with Gasteiger partial charge in [0.25, 0.3) is 0 Å². The lowest BCUT2D eigenvalue weighted by molar-refractivity contribution is -0.119. The van der Waals surface area contributed by atoms with Crippen LogP contribution in [0.25, 0.3) is 10.9 Å². The van der Waals surface area contributed by atoms with E-state index in [0.29, 0.717) is 0 Å². The third-order valence-corrected chi connectivity index (χ3v) is 3.71. The van der Waals surface area contributed by atoms with Gasteiger partial charge in [0.2, 0.25) is 5.91 Å². The predicted molar refractivity (Wildman–Crippen MR) is 67.9 cm³/mol. The largest absolute Gasteiger partial charge is 0.369 e. The summed E-state index contributed by atoms with van der Waals surface area (Å²) in [7, 11) is 0. The fourth-order valence-corrected chi connectivity index (χ4v) is 2.86. The van der Waals surface area contributed by atoms with Crippen LogP contribution in [0.5, 0.6) is 0 Å². The molecule has 0 radical (unpaired) electrons. The van der Waals surface area contributed by atoms with E-state index in [1.807, 2.05) is 0 Å². The van der Waals surface area contributed by atoms with E-state index in [-0.39, 0.29) is 11.8 Å². The van der Waals surface area contributed by atoms with Crippen molar-refractivity contribution in [1.29, 1.82) is 0 Å². The van der Waals surface area contributed by atoms with E-state index in [1.165, 1.54) is 16.5 Å². The highest BCUT2D eigenvalue weighted by atomic mass is 16.1. The van der Waals surface area contributed by atoms with Crippen molar-refractivity contribution in [3.8, 4) is 0 Å². The maximum absolute atomic E-state index is 11.5. The van der Waals surface area contributed by atoms with Crippen LogP contribution < -0.4 is 5.73 Å². The van der Waals surface area contributed by atoms with Crippen LogP contribution >= 0.6 is 0 Å². The first-order valence-electron chi connectivity index (χ1n) is 6.07. The van der Waals surface area contributed by atoms with Gasteiger partial charge in [0, 0.05) is 16.6 Å². The zero-order valence-electron chi connectivity index (χ0n) is 9.92. The van der Waals surface area contributed by atoms with Crippen molar-refractivity contribution in [3.63, 3.8) is 0 Å². The van der Waals surface area contributed by atoms with Gasteiger partial charge in [-0.1, -0.05) is 11.6 Å². The Morgan fingerprint density at radius 3 is 3.06 bits per heavy atom. The fourth-order valence-electron chi connectivity index (χ4n) is 2.86. The van der Waals surface area contributed by atoms with E-state index in [9.17, 15) is 4.79 Å². The number of nitrogens with two attached hydrogens (primary N) is 1. The average molecular weight is 228 g/mol. The molecule has 0 fully saturated rings. The van der Waals surface area contributed by atoms with Gasteiger partial charge in [0.15, 0.2) is 0 Å². The highest BCUT2D eigenvalue weighted by molar-refractivity contribution is 5.90. The Balaban J connectivity index is 2.25. The molecule has 0 aliphatic heterocycles. The number of nitrogens with one attached hydrogen (secondary N) is 1. The fraction of sp³-hybridized carbons (Fsp3) is 0.357. The standard InChI is InChI=1S/C14H16N2O/c1-8-5-6-12-11(7-8)9-3-2-4-10(14(15)17)13(9)16-12/h5-7,10,16H,2-4H2,1H3,(H2,15,17)/t10-/m1/s1. The molecule has 3 N–H and O–H groups in total. The maximum atomic E-state index is 11.5. The van der Waals surface area contributed by atoms with Crippen LogP contribution in [0.15, 0.2) is 18.2 Å². The Morgan fingerprint density at radius 2 is 2.29 bits per heavy atom. The number of benzene rings is 1. The second kappa shape index (κ2) is 3.62. The lowest BCUT2D eigenvalue weighted by Gasteiger charge is -2.19. The number of hydrogen-bond acceptors (Lipinski definition) is 1. The minimum absolute atomic E-state index is 0.133. The number of aromatic nitrogens is 1. The summed E-state index contributed by atoms with van der Waals surface area (Å²) in [5, 5.41) is 1.26. The Bertz CT molecular complexity index is 598. The molecule has 2 aromatic rings. The van der Waals surface area contributed by atoms with Gasteiger partial charge in [-0.15, -0.1) is 0 Å². The van der Waals surface area contributed by atoms with Crippen molar-refractivity contribution in [3.05, 3.63) is 35.0 Å². The molecule has 88 valence electrons. The van der Waals surface area contributed by atoms with Gasteiger partial charge < -0.3 is 10.7 Å². The molecule has 0 bridgehead atoms. The molecule has 3 heteroatoms. The number of aryl methyl sites for hydroxylation is 2. The molecule has 17 heavy (non-hydrogen) atoms. The van der Waals surface area contributed by atoms with Crippen LogP contribution in [-0.4, -0.2) is 10.9 Å². The number of H-pyrrole nitrogens is 1. The van der Waals surface area contributed by atoms with E-state index in [2.05, 4.69) is 30.1 Å². The second-order valence-electron chi connectivity index (χ2n) is 4.91. The third kappa shape index (κ3) is 1.54. The average Bonchev–Trinajstić information content (AvgIpc) is 2.66. The highest BCUT2D eigenvalue weighted by Crippen LogP contribution is 2.36. The molecular formula is C14H16N2O.